The maximum absolute atomic E-state index is 12.1. The van der Waals surface area contributed by atoms with Crippen molar-refractivity contribution in [3.8, 4) is 11.1 Å². The Morgan fingerprint density at radius 2 is 2.08 bits per heavy atom. The van der Waals surface area contributed by atoms with Crippen LogP contribution in [0.15, 0.2) is 48.8 Å². The van der Waals surface area contributed by atoms with Crippen molar-refractivity contribution in [2.24, 2.45) is 0 Å². The van der Waals surface area contributed by atoms with Crippen LogP contribution in [-0.4, -0.2) is 30.3 Å². The summed E-state index contributed by atoms with van der Waals surface area (Å²) in [5.74, 6) is 0. The number of nitrogens with zero attached hydrogens (tertiary/aromatic N) is 1. The van der Waals surface area contributed by atoms with Crippen LogP contribution >= 0.6 is 0 Å². The molecule has 1 aliphatic rings. The summed E-state index contributed by atoms with van der Waals surface area (Å²) in [5.41, 5.74) is 3.26. The topological polar surface area (TPSA) is 63.2 Å². The molecule has 2 aromatic rings. The van der Waals surface area contributed by atoms with Gasteiger partial charge in [0.15, 0.2) is 0 Å². The van der Waals surface area contributed by atoms with E-state index >= 15 is 0 Å². The second-order valence-corrected chi connectivity index (χ2v) is 6.12. The summed E-state index contributed by atoms with van der Waals surface area (Å²) < 4.78 is 5.38. The maximum atomic E-state index is 12.1. The van der Waals surface area contributed by atoms with Crippen molar-refractivity contribution in [1.82, 2.24) is 15.6 Å². The van der Waals surface area contributed by atoms with E-state index < -0.39 is 0 Å². The number of rotatable bonds is 4. The van der Waals surface area contributed by atoms with Crippen molar-refractivity contribution in [1.29, 1.82) is 0 Å². The van der Waals surface area contributed by atoms with Crippen molar-refractivity contribution in [3.63, 3.8) is 0 Å². The third-order valence-corrected chi connectivity index (χ3v) is 4.25. The third kappa shape index (κ3) is 4.32. The molecular formula is C19H23N3O2. The molecule has 24 heavy (non-hydrogen) atoms. The van der Waals surface area contributed by atoms with E-state index in [4.69, 9.17) is 4.74 Å². The average molecular weight is 325 g/mol. The number of amides is 2. The minimum atomic E-state index is -0.144. The molecule has 5 heteroatoms. The first kappa shape index (κ1) is 16.5. The molecule has 2 N–H and O–H groups in total. The number of ether oxygens (including phenoxy) is 1. The van der Waals surface area contributed by atoms with E-state index in [0.29, 0.717) is 6.61 Å². The fourth-order valence-corrected chi connectivity index (χ4v) is 2.86. The van der Waals surface area contributed by atoms with Gasteiger partial charge in [-0.15, -0.1) is 0 Å². The molecule has 1 fully saturated rings. The van der Waals surface area contributed by atoms with Gasteiger partial charge in [0.05, 0.1) is 18.7 Å². The van der Waals surface area contributed by atoms with Gasteiger partial charge in [-0.3, -0.25) is 4.98 Å². The predicted molar refractivity (Wildman–Crippen MR) is 93.6 cm³/mol. The van der Waals surface area contributed by atoms with Gasteiger partial charge >= 0.3 is 6.03 Å². The minimum absolute atomic E-state index is 0.0579. The highest BCUT2D eigenvalue weighted by atomic mass is 16.5. The van der Waals surface area contributed by atoms with Crippen LogP contribution in [0.4, 0.5) is 4.79 Å². The van der Waals surface area contributed by atoms with Gasteiger partial charge in [0, 0.05) is 19.0 Å². The summed E-state index contributed by atoms with van der Waals surface area (Å²) in [6.07, 6.45) is 5.58. The quantitative estimate of drug-likeness (QED) is 0.907. The Labute approximate surface area is 142 Å². The van der Waals surface area contributed by atoms with Crippen LogP contribution in [0.5, 0.6) is 0 Å². The highest BCUT2D eigenvalue weighted by molar-refractivity contribution is 5.74. The van der Waals surface area contributed by atoms with E-state index in [1.807, 2.05) is 37.4 Å². The zero-order valence-corrected chi connectivity index (χ0v) is 13.9. The monoisotopic (exact) mass is 325 g/mol. The lowest BCUT2D eigenvalue weighted by atomic mass is 10.0. The molecule has 2 heterocycles. The average Bonchev–Trinajstić information content (AvgIpc) is 2.63. The van der Waals surface area contributed by atoms with Gasteiger partial charge in [0.1, 0.15) is 0 Å². The Morgan fingerprint density at radius 1 is 1.25 bits per heavy atom. The molecule has 1 aliphatic heterocycles. The molecule has 1 saturated heterocycles. The van der Waals surface area contributed by atoms with E-state index in [9.17, 15) is 4.79 Å². The van der Waals surface area contributed by atoms with Gasteiger partial charge in [0.2, 0.25) is 0 Å². The van der Waals surface area contributed by atoms with Crippen LogP contribution in [-0.2, 0) is 4.74 Å². The molecule has 1 aromatic carbocycles. The van der Waals surface area contributed by atoms with E-state index in [-0.39, 0.29) is 18.1 Å². The first-order chi connectivity index (χ1) is 11.7. The number of aromatic nitrogens is 1. The molecule has 0 spiro atoms. The molecule has 0 bridgehead atoms. The maximum Gasteiger partial charge on any atom is 0.315 e. The highest BCUT2D eigenvalue weighted by Crippen LogP contribution is 2.21. The molecular weight excluding hydrogens is 302 g/mol. The summed E-state index contributed by atoms with van der Waals surface area (Å²) in [6.45, 7) is 3.37. The Morgan fingerprint density at radius 3 is 2.75 bits per heavy atom. The van der Waals surface area contributed by atoms with Crippen LogP contribution in [0.1, 0.15) is 31.4 Å². The molecule has 5 nitrogen and oxygen atoms in total. The lowest BCUT2D eigenvalue weighted by Gasteiger charge is -2.24. The van der Waals surface area contributed by atoms with Gasteiger partial charge in [-0.05, 0) is 42.5 Å². The molecule has 0 aliphatic carbocycles. The summed E-state index contributed by atoms with van der Waals surface area (Å²) in [6, 6.07) is 12.0. The number of hydrogen-bond acceptors (Lipinski definition) is 3. The van der Waals surface area contributed by atoms with Gasteiger partial charge in [-0.25, -0.2) is 4.79 Å². The lowest BCUT2D eigenvalue weighted by Crippen LogP contribution is -2.46. The third-order valence-electron chi connectivity index (χ3n) is 4.25. The first-order valence-electron chi connectivity index (χ1n) is 8.37. The molecule has 0 unspecified atom stereocenters. The van der Waals surface area contributed by atoms with Crippen molar-refractivity contribution >= 4 is 6.03 Å². The fraction of sp³-hybridized carbons (Fsp3) is 0.368. The zero-order chi connectivity index (χ0) is 16.8. The lowest BCUT2D eigenvalue weighted by molar-refractivity contribution is 0.0730. The highest BCUT2D eigenvalue weighted by Gasteiger charge is 2.17. The van der Waals surface area contributed by atoms with Gasteiger partial charge in [0.25, 0.3) is 0 Å². The van der Waals surface area contributed by atoms with Crippen LogP contribution in [0.3, 0.4) is 0 Å². The molecule has 1 aromatic heterocycles. The van der Waals surface area contributed by atoms with Gasteiger partial charge < -0.3 is 15.4 Å². The summed E-state index contributed by atoms with van der Waals surface area (Å²) in [7, 11) is 0. The Balaban J connectivity index is 1.56. The standard InChI is InChI=1S/C19H23N3O2/c1-14(21-19(23)22-18-5-3-11-24-13-18)15-6-8-16(9-7-15)17-4-2-10-20-12-17/h2,4,6-10,12,14,18H,3,5,11,13H2,1H3,(H2,21,22,23)/t14-,18-/m0/s1. The number of hydrogen-bond donors (Lipinski definition) is 2. The first-order valence-corrected chi connectivity index (χ1v) is 8.37. The fourth-order valence-electron chi connectivity index (χ4n) is 2.86. The Bertz CT molecular complexity index is 652. The van der Waals surface area contributed by atoms with Gasteiger partial charge in [-0.2, -0.15) is 0 Å². The second-order valence-electron chi connectivity index (χ2n) is 6.12. The summed E-state index contributed by atoms with van der Waals surface area (Å²) in [5, 5.41) is 5.96. The molecule has 2 atom stereocenters. The number of carbonyl (C=O) groups is 1. The predicted octanol–water partition coefficient (Wildman–Crippen LogP) is 3.29. The molecule has 2 amide bonds. The Hall–Kier alpha value is -2.40. The second kappa shape index (κ2) is 7.93. The summed E-state index contributed by atoms with van der Waals surface area (Å²) in [4.78, 5) is 16.2. The van der Waals surface area contributed by atoms with Crippen LogP contribution in [0.2, 0.25) is 0 Å². The zero-order valence-electron chi connectivity index (χ0n) is 13.9. The SMILES string of the molecule is C[C@H](NC(=O)N[C@H]1CCCOC1)c1ccc(-c2cccnc2)cc1. The van der Waals surface area contributed by atoms with Crippen molar-refractivity contribution < 1.29 is 9.53 Å². The normalized spacial score (nSPS) is 18.6. The van der Waals surface area contributed by atoms with Crippen molar-refractivity contribution in [2.75, 3.05) is 13.2 Å². The number of nitrogens with one attached hydrogen (secondary N) is 2. The van der Waals surface area contributed by atoms with E-state index in [1.54, 1.807) is 6.20 Å². The van der Waals surface area contributed by atoms with E-state index in [0.717, 1.165) is 36.1 Å². The van der Waals surface area contributed by atoms with Crippen molar-refractivity contribution in [3.05, 3.63) is 54.4 Å². The molecule has 126 valence electrons. The number of pyridine rings is 1. The van der Waals surface area contributed by atoms with Crippen LogP contribution in [0, 0.1) is 0 Å². The molecule has 0 saturated carbocycles. The minimum Gasteiger partial charge on any atom is -0.379 e. The van der Waals surface area contributed by atoms with E-state index in [1.165, 1.54) is 0 Å². The number of urea groups is 1. The summed E-state index contributed by atoms with van der Waals surface area (Å²) >= 11 is 0. The largest absolute Gasteiger partial charge is 0.379 e. The number of carbonyl (C=O) groups excluding carboxylic acids is 1. The molecule has 3 rings (SSSR count). The van der Waals surface area contributed by atoms with E-state index in [2.05, 4.69) is 27.8 Å². The van der Waals surface area contributed by atoms with Crippen LogP contribution in [0.25, 0.3) is 11.1 Å². The van der Waals surface area contributed by atoms with Gasteiger partial charge in [-0.1, -0.05) is 30.3 Å². The Kier molecular flexibility index (Phi) is 5.43. The van der Waals surface area contributed by atoms with Crippen LogP contribution < -0.4 is 10.6 Å². The number of benzene rings is 1. The molecule has 0 radical (unpaired) electrons. The smallest absolute Gasteiger partial charge is 0.315 e. The van der Waals surface area contributed by atoms with Crippen molar-refractivity contribution in [2.45, 2.75) is 31.8 Å².